The maximum atomic E-state index is 13.8. The molecule has 0 bridgehead atoms. The van der Waals surface area contributed by atoms with Gasteiger partial charge in [-0.2, -0.15) is 0 Å². The van der Waals surface area contributed by atoms with Crippen LogP contribution in [0.2, 0.25) is 5.02 Å². The zero-order valence-corrected chi connectivity index (χ0v) is 19.3. The van der Waals surface area contributed by atoms with Crippen LogP contribution >= 0.6 is 11.6 Å². The number of pyridine rings is 1. The highest BCUT2D eigenvalue weighted by molar-refractivity contribution is 6.33. The van der Waals surface area contributed by atoms with Gasteiger partial charge in [0.2, 0.25) is 5.91 Å². The Morgan fingerprint density at radius 2 is 1.59 bits per heavy atom. The van der Waals surface area contributed by atoms with Crippen molar-refractivity contribution in [2.45, 2.75) is 25.7 Å². The number of anilines is 1. The van der Waals surface area contributed by atoms with Crippen molar-refractivity contribution >= 4 is 23.2 Å². The maximum Gasteiger partial charge on any atom is 0.273 e. The molecular formula is C28H23ClF2N2O. The van der Waals surface area contributed by atoms with Gasteiger partial charge >= 0.3 is 0 Å². The molecule has 6 heteroatoms. The maximum absolute atomic E-state index is 13.8. The second-order valence-electron chi connectivity index (χ2n) is 7.94. The number of carbonyl (C=O) groups excluding carboxylic acids is 1. The summed E-state index contributed by atoms with van der Waals surface area (Å²) in [6, 6.07) is 24.7. The number of rotatable bonds is 7. The number of hydrogen-bond donors (Lipinski definition) is 1. The van der Waals surface area contributed by atoms with E-state index in [9.17, 15) is 13.6 Å². The van der Waals surface area contributed by atoms with Crippen molar-refractivity contribution in [2.24, 2.45) is 0 Å². The number of nitrogens with one attached hydrogen (secondary N) is 1. The van der Waals surface area contributed by atoms with Gasteiger partial charge in [0.1, 0.15) is 0 Å². The molecule has 0 aliphatic heterocycles. The molecule has 0 spiro atoms. The fourth-order valence-corrected chi connectivity index (χ4v) is 3.94. The Kier molecular flexibility index (Phi) is 7.03. The van der Waals surface area contributed by atoms with Gasteiger partial charge in [0.25, 0.3) is 5.92 Å². The highest BCUT2D eigenvalue weighted by Crippen LogP contribution is 2.35. The zero-order valence-electron chi connectivity index (χ0n) is 18.6. The van der Waals surface area contributed by atoms with Gasteiger partial charge in [-0.25, -0.2) is 8.78 Å². The van der Waals surface area contributed by atoms with E-state index in [-0.39, 0.29) is 24.3 Å². The minimum atomic E-state index is -2.86. The SMILES string of the molecule is CCC(F)(F)c1ccc(CC(=O)Nc2ccc(-c3ncccc3-c3ccccc3Cl)cc2)cc1. The zero-order chi connectivity index (χ0) is 24.1. The minimum absolute atomic E-state index is 0.0413. The van der Waals surface area contributed by atoms with Crippen LogP contribution in [-0.4, -0.2) is 10.9 Å². The number of benzene rings is 3. The molecule has 172 valence electrons. The molecule has 0 radical (unpaired) electrons. The summed E-state index contributed by atoms with van der Waals surface area (Å²) < 4.78 is 27.5. The molecule has 0 unspecified atom stereocenters. The molecule has 0 saturated carbocycles. The molecule has 0 fully saturated rings. The second kappa shape index (κ2) is 10.1. The summed E-state index contributed by atoms with van der Waals surface area (Å²) in [6.45, 7) is 1.44. The van der Waals surface area contributed by atoms with E-state index in [0.29, 0.717) is 16.3 Å². The monoisotopic (exact) mass is 476 g/mol. The molecule has 1 aromatic heterocycles. The number of halogens is 3. The van der Waals surface area contributed by atoms with Gasteiger partial charge in [0.05, 0.1) is 12.1 Å². The van der Waals surface area contributed by atoms with E-state index in [1.54, 1.807) is 18.3 Å². The quantitative estimate of drug-likeness (QED) is 0.296. The Bertz CT molecular complexity index is 1290. The lowest BCUT2D eigenvalue weighted by Gasteiger charge is -2.14. The van der Waals surface area contributed by atoms with Gasteiger partial charge < -0.3 is 5.32 Å². The van der Waals surface area contributed by atoms with Crippen molar-refractivity contribution in [3.63, 3.8) is 0 Å². The lowest BCUT2D eigenvalue weighted by molar-refractivity contribution is -0.115. The lowest BCUT2D eigenvalue weighted by atomic mass is 9.99. The number of carbonyl (C=O) groups is 1. The van der Waals surface area contributed by atoms with E-state index in [2.05, 4.69) is 10.3 Å². The summed E-state index contributed by atoms with van der Waals surface area (Å²) in [7, 11) is 0. The molecule has 3 nitrogen and oxygen atoms in total. The molecule has 4 aromatic rings. The van der Waals surface area contributed by atoms with Crippen molar-refractivity contribution in [1.29, 1.82) is 0 Å². The molecule has 0 saturated heterocycles. The van der Waals surface area contributed by atoms with Gasteiger partial charge in [0.15, 0.2) is 0 Å². The van der Waals surface area contributed by atoms with E-state index in [0.717, 1.165) is 22.4 Å². The standard InChI is InChI=1S/C28H23ClF2N2O/c1-2-28(30,31)21-13-9-19(10-14-21)18-26(34)33-22-15-11-20(12-16-22)27-24(7-5-17-32-27)23-6-3-4-8-25(23)29/h3-17H,2,18H2,1H3,(H,33,34). The molecule has 34 heavy (non-hydrogen) atoms. The van der Waals surface area contributed by atoms with Crippen LogP contribution in [0.1, 0.15) is 24.5 Å². The third-order valence-corrected chi connectivity index (χ3v) is 5.93. The fourth-order valence-electron chi connectivity index (χ4n) is 3.70. The van der Waals surface area contributed by atoms with Crippen molar-refractivity contribution < 1.29 is 13.6 Å². The Labute approximate surface area is 202 Å². The predicted octanol–water partition coefficient (Wildman–Crippen LogP) is 7.75. The molecule has 0 aliphatic carbocycles. The Hall–Kier alpha value is -3.57. The van der Waals surface area contributed by atoms with E-state index in [1.165, 1.54) is 19.1 Å². The smallest absolute Gasteiger partial charge is 0.273 e. The molecule has 0 aliphatic rings. The van der Waals surface area contributed by atoms with Crippen molar-refractivity contribution in [3.05, 3.63) is 107 Å². The van der Waals surface area contributed by atoms with E-state index in [1.807, 2.05) is 60.7 Å². The van der Waals surface area contributed by atoms with Crippen LogP contribution in [0.25, 0.3) is 22.4 Å². The van der Waals surface area contributed by atoms with Gasteiger partial charge in [-0.15, -0.1) is 0 Å². The molecule has 4 rings (SSSR count). The average Bonchev–Trinajstić information content (AvgIpc) is 2.85. The van der Waals surface area contributed by atoms with Crippen LogP contribution in [0.3, 0.4) is 0 Å². The Balaban J connectivity index is 1.46. The van der Waals surface area contributed by atoms with E-state index < -0.39 is 5.92 Å². The summed E-state index contributed by atoms with van der Waals surface area (Å²) in [5.41, 5.74) is 4.76. The molecule has 0 atom stereocenters. The highest BCUT2D eigenvalue weighted by Gasteiger charge is 2.28. The van der Waals surface area contributed by atoms with Crippen LogP contribution in [-0.2, 0) is 17.1 Å². The van der Waals surface area contributed by atoms with Gasteiger partial charge in [-0.1, -0.05) is 79.2 Å². The van der Waals surface area contributed by atoms with Crippen LogP contribution in [0.4, 0.5) is 14.5 Å². The van der Waals surface area contributed by atoms with Crippen LogP contribution in [0.15, 0.2) is 91.1 Å². The fraction of sp³-hybridized carbons (Fsp3) is 0.143. The van der Waals surface area contributed by atoms with Gasteiger partial charge in [-0.05, 0) is 29.8 Å². The van der Waals surface area contributed by atoms with Gasteiger partial charge in [0, 0.05) is 45.6 Å². The number of hydrogen-bond acceptors (Lipinski definition) is 2. The first-order valence-corrected chi connectivity index (χ1v) is 11.3. The van der Waals surface area contributed by atoms with Crippen LogP contribution in [0.5, 0.6) is 0 Å². The lowest BCUT2D eigenvalue weighted by Crippen LogP contribution is -2.15. The van der Waals surface area contributed by atoms with Crippen LogP contribution in [0, 0.1) is 0 Å². The Morgan fingerprint density at radius 3 is 2.26 bits per heavy atom. The normalized spacial score (nSPS) is 11.3. The molecule has 1 N–H and O–H groups in total. The molecule has 3 aromatic carbocycles. The minimum Gasteiger partial charge on any atom is -0.326 e. The summed E-state index contributed by atoms with van der Waals surface area (Å²) in [5.74, 6) is -3.08. The summed E-state index contributed by atoms with van der Waals surface area (Å²) in [6.07, 6.45) is 1.56. The third kappa shape index (κ3) is 5.32. The average molecular weight is 477 g/mol. The van der Waals surface area contributed by atoms with Crippen LogP contribution < -0.4 is 5.32 Å². The highest BCUT2D eigenvalue weighted by atomic mass is 35.5. The van der Waals surface area contributed by atoms with Crippen molar-refractivity contribution in [2.75, 3.05) is 5.32 Å². The predicted molar refractivity (Wildman–Crippen MR) is 133 cm³/mol. The first-order chi connectivity index (χ1) is 16.4. The molecule has 1 heterocycles. The summed E-state index contributed by atoms with van der Waals surface area (Å²) in [4.78, 5) is 17.0. The number of alkyl halides is 2. The van der Waals surface area contributed by atoms with E-state index >= 15 is 0 Å². The number of nitrogens with zero attached hydrogens (tertiary/aromatic N) is 1. The molecule has 1 amide bonds. The van der Waals surface area contributed by atoms with E-state index in [4.69, 9.17) is 11.6 Å². The third-order valence-electron chi connectivity index (χ3n) is 5.60. The van der Waals surface area contributed by atoms with Crippen molar-refractivity contribution in [3.8, 4) is 22.4 Å². The second-order valence-corrected chi connectivity index (χ2v) is 8.34. The number of amides is 1. The first-order valence-electron chi connectivity index (χ1n) is 10.9. The summed E-state index contributed by atoms with van der Waals surface area (Å²) >= 11 is 6.39. The molecular weight excluding hydrogens is 454 g/mol. The summed E-state index contributed by atoms with van der Waals surface area (Å²) in [5, 5.41) is 3.50. The Morgan fingerprint density at radius 1 is 0.912 bits per heavy atom. The topological polar surface area (TPSA) is 42.0 Å². The largest absolute Gasteiger partial charge is 0.326 e. The first kappa shape index (κ1) is 23.6. The number of aromatic nitrogens is 1. The van der Waals surface area contributed by atoms with Gasteiger partial charge in [-0.3, -0.25) is 9.78 Å². The van der Waals surface area contributed by atoms with Crippen molar-refractivity contribution in [1.82, 2.24) is 4.98 Å².